The van der Waals surface area contributed by atoms with Crippen LogP contribution in [0.3, 0.4) is 0 Å². The van der Waals surface area contributed by atoms with Gasteiger partial charge in [0, 0.05) is 29.8 Å². The van der Waals surface area contributed by atoms with Crippen molar-refractivity contribution in [2.24, 2.45) is 5.92 Å². The first kappa shape index (κ1) is 23.6. The second-order valence-corrected chi connectivity index (χ2v) is 9.60. The largest absolute Gasteiger partial charge is 0.497 e. The molecule has 1 amide bonds. The highest BCUT2D eigenvalue weighted by Crippen LogP contribution is 2.51. The summed E-state index contributed by atoms with van der Waals surface area (Å²) in [7, 11) is 3.32. The minimum atomic E-state index is -0.711. The number of rotatable bonds is 6. The second kappa shape index (κ2) is 9.74. The van der Waals surface area contributed by atoms with Crippen molar-refractivity contribution in [1.82, 2.24) is 4.90 Å². The second-order valence-electron chi connectivity index (χ2n) is 9.60. The molecule has 3 atom stereocenters. The Bertz CT molecular complexity index is 1010. The maximum Gasteiger partial charge on any atom is 0.238 e. The molecule has 1 heterocycles. The maximum absolute atomic E-state index is 13.1. The van der Waals surface area contributed by atoms with Crippen LogP contribution in [0.15, 0.2) is 36.4 Å². The van der Waals surface area contributed by atoms with Gasteiger partial charge in [0.2, 0.25) is 5.91 Å². The highest BCUT2D eigenvalue weighted by atomic mass is 16.5. The van der Waals surface area contributed by atoms with E-state index in [-0.39, 0.29) is 24.4 Å². The van der Waals surface area contributed by atoms with Crippen molar-refractivity contribution in [3.63, 3.8) is 0 Å². The number of hydrogen-bond donors (Lipinski definition) is 2. The predicted molar refractivity (Wildman–Crippen MR) is 130 cm³/mol. The van der Waals surface area contributed by atoms with Gasteiger partial charge in [-0.25, -0.2) is 0 Å². The quantitative estimate of drug-likeness (QED) is 0.669. The number of anilines is 1. The van der Waals surface area contributed by atoms with Crippen LogP contribution >= 0.6 is 0 Å². The van der Waals surface area contributed by atoms with Gasteiger partial charge in [0.15, 0.2) is 0 Å². The van der Waals surface area contributed by atoms with Gasteiger partial charge < -0.3 is 19.9 Å². The molecule has 1 aliphatic heterocycles. The average molecular weight is 453 g/mol. The van der Waals surface area contributed by atoms with E-state index in [2.05, 4.69) is 16.3 Å². The lowest BCUT2D eigenvalue weighted by molar-refractivity contribution is -0.135. The molecule has 6 heteroatoms. The molecule has 6 nitrogen and oxygen atoms in total. The number of methoxy groups -OCH3 is 2. The zero-order valence-electron chi connectivity index (χ0n) is 20.2. The van der Waals surface area contributed by atoms with Gasteiger partial charge in [-0.1, -0.05) is 30.5 Å². The van der Waals surface area contributed by atoms with Crippen molar-refractivity contribution in [3.05, 3.63) is 53.1 Å². The first-order valence-corrected chi connectivity index (χ1v) is 11.9. The Kier molecular flexibility index (Phi) is 6.96. The van der Waals surface area contributed by atoms with Crippen LogP contribution in [0, 0.1) is 19.8 Å². The van der Waals surface area contributed by atoms with Gasteiger partial charge in [-0.05, 0) is 62.9 Å². The lowest BCUT2D eigenvalue weighted by Gasteiger charge is -2.52. The summed E-state index contributed by atoms with van der Waals surface area (Å²) in [5.74, 6) is 1.50. The van der Waals surface area contributed by atoms with Crippen molar-refractivity contribution in [2.45, 2.75) is 57.6 Å². The van der Waals surface area contributed by atoms with Crippen LogP contribution in [0.4, 0.5) is 5.69 Å². The number of benzene rings is 2. The van der Waals surface area contributed by atoms with Gasteiger partial charge >= 0.3 is 0 Å². The topological polar surface area (TPSA) is 71.0 Å². The molecule has 0 radical (unpaired) electrons. The van der Waals surface area contributed by atoms with Crippen LogP contribution in [0.25, 0.3) is 0 Å². The summed E-state index contributed by atoms with van der Waals surface area (Å²) in [6.45, 7) is 4.96. The van der Waals surface area contributed by atoms with E-state index in [4.69, 9.17) is 9.47 Å². The van der Waals surface area contributed by atoms with Gasteiger partial charge in [-0.2, -0.15) is 0 Å². The van der Waals surface area contributed by atoms with E-state index in [9.17, 15) is 9.90 Å². The Hall–Kier alpha value is -2.57. The highest BCUT2D eigenvalue weighted by Gasteiger charge is 2.50. The normalized spacial score (nSPS) is 25.2. The van der Waals surface area contributed by atoms with Crippen molar-refractivity contribution in [1.29, 1.82) is 0 Å². The average Bonchev–Trinajstić information content (AvgIpc) is 2.80. The molecule has 2 aromatic rings. The predicted octanol–water partition coefficient (Wildman–Crippen LogP) is 4.63. The van der Waals surface area contributed by atoms with Gasteiger partial charge in [0.1, 0.15) is 11.5 Å². The smallest absolute Gasteiger partial charge is 0.238 e. The number of aliphatic hydroxyl groups is 1. The maximum atomic E-state index is 13.1. The molecule has 0 bridgehead atoms. The summed E-state index contributed by atoms with van der Waals surface area (Å²) in [5.41, 5.74) is 3.32. The van der Waals surface area contributed by atoms with Crippen molar-refractivity contribution in [3.8, 4) is 11.5 Å². The SMILES string of the molecule is COc1ccc(OC)c(C2C3CCCCC3(O)CCN2CC(=O)Nc2ccc(C)cc2C)c1. The number of hydrogen-bond acceptors (Lipinski definition) is 5. The molecular formula is C27H36N2O4. The summed E-state index contributed by atoms with van der Waals surface area (Å²) in [5, 5.41) is 14.7. The minimum absolute atomic E-state index is 0.0370. The number of amides is 1. The molecular weight excluding hydrogens is 416 g/mol. The fourth-order valence-corrected chi connectivity index (χ4v) is 5.73. The van der Waals surface area contributed by atoms with Crippen LogP contribution < -0.4 is 14.8 Å². The molecule has 4 rings (SSSR count). The molecule has 2 aliphatic rings. The molecule has 2 fully saturated rings. The molecule has 1 aliphatic carbocycles. The number of carbonyl (C=O) groups excluding carboxylic acids is 1. The fourth-order valence-electron chi connectivity index (χ4n) is 5.73. The highest BCUT2D eigenvalue weighted by molar-refractivity contribution is 5.93. The molecule has 0 spiro atoms. The Morgan fingerprint density at radius 1 is 1.12 bits per heavy atom. The van der Waals surface area contributed by atoms with Gasteiger partial charge in [0.05, 0.1) is 26.4 Å². The Balaban J connectivity index is 1.65. The zero-order valence-corrected chi connectivity index (χ0v) is 20.2. The molecule has 0 aromatic heterocycles. The first-order valence-electron chi connectivity index (χ1n) is 11.9. The first-order chi connectivity index (χ1) is 15.8. The summed E-state index contributed by atoms with van der Waals surface area (Å²) in [4.78, 5) is 15.3. The van der Waals surface area contributed by atoms with Crippen LogP contribution in [-0.4, -0.2) is 48.8 Å². The minimum Gasteiger partial charge on any atom is -0.497 e. The lowest BCUT2D eigenvalue weighted by Crippen LogP contribution is -2.56. The molecule has 3 unspecified atom stereocenters. The van der Waals surface area contributed by atoms with Crippen LogP contribution in [0.5, 0.6) is 11.5 Å². The molecule has 2 N–H and O–H groups in total. The molecule has 1 saturated carbocycles. The van der Waals surface area contributed by atoms with E-state index in [1.165, 1.54) is 5.56 Å². The number of nitrogens with zero attached hydrogens (tertiary/aromatic N) is 1. The van der Waals surface area contributed by atoms with Crippen LogP contribution in [0.2, 0.25) is 0 Å². The third kappa shape index (κ3) is 4.87. The zero-order chi connectivity index (χ0) is 23.6. The van der Waals surface area contributed by atoms with Crippen molar-refractivity contribution < 1.29 is 19.4 Å². The Morgan fingerprint density at radius 3 is 2.67 bits per heavy atom. The summed E-state index contributed by atoms with van der Waals surface area (Å²) >= 11 is 0. The number of likely N-dealkylation sites (tertiary alicyclic amines) is 1. The summed E-state index contributed by atoms with van der Waals surface area (Å²) in [6, 6.07) is 11.7. The van der Waals surface area contributed by atoms with E-state index in [0.29, 0.717) is 13.0 Å². The fraction of sp³-hybridized carbons (Fsp3) is 0.519. The standard InChI is InChI=1S/C27H36N2O4/c1-18-8-10-23(19(2)15-18)28-25(30)17-29-14-13-27(31)12-6-5-7-22(27)26(29)21-16-20(32-3)9-11-24(21)33-4/h8-11,15-16,22,26,31H,5-7,12-14,17H2,1-4H3,(H,28,30). The third-order valence-electron chi connectivity index (χ3n) is 7.43. The van der Waals surface area contributed by atoms with Gasteiger partial charge in [-0.15, -0.1) is 0 Å². The summed E-state index contributed by atoms with van der Waals surface area (Å²) in [6.07, 6.45) is 4.54. The van der Waals surface area contributed by atoms with Crippen molar-refractivity contribution >= 4 is 11.6 Å². The van der Waals surface area contributed by atoms with E-state index >= 15 is 0 Å². The molecule has 2 aromatic carbocycles. The number of nitrogens with one attached hydrogen (secondary N) is 1. The molecule has 178 valence electrons. The molecule has 33 heavy (non-hydrogen) atoms. The molecule has 1 saturated heterocycles. The van der Waals surface area contributed by atoms with Crippen LogP contribution in [0.1, 0.15) is 54.8 Å². The Labute approximate surface area is 196 Å². The van der Waals surface area contributed by atoms with E-state index in [1.54, 1.807) is 14.2 Å². The number of carbonyl (C=O) groups is 1. The van der Waals surface area contributed by atoms with E-state index in [0.717, 1.165) is 54.0 Å². The number of piperidine rings is 1. The number of aryl methyl sites for hydroxylation is 2. The lowest BCUT2D eigenvalue weighted by atomic mass is 9.66. The van der Waals surface area contributed by atoms with Gasteiger partial charge in [-0.3, -0.25) is 9.69 Å². The van der Waals surface area contributed by atoms with E-state index < -0.39 is 5.60 Å². The number of fused-ring (bicyclic) bond motifs is 1. The number of ether oxygens (including phenoxy) is 2. The summed E-state index contributed by atoms with van der Waals surface area (Å²) < 4.78 is 11.2. The third-order valence-corrected chi connectivity index (χ3v) is 7.43. The Morgan fingerprint density at radius 2 is 1.94 bits per heavy atom. The monoisotopic (exact) mass is 452 g/mol. The van der Waals surface area contributed by atoms with Crippen molar-refractivity contribution in [2.75, 3.05) is 32.6 Å². The van der Waals surface area contributed by atoms with E-state index in [1.807, 2.05) is 44.2 Å². The van der Waals surface area contributed by atoms with Gasteiger partial charge in [0.25, 0.3) is 0 Å². The van der Waals surface area contributed by atoms with Crippen LogP contribution in [-0.2, 0) is 4.79 Å².